The molecule has 1 aromatic carbocycles. The van der Waals surface area contributed by atoms with Gasteiger partial charge in [-0.15, -0.1) is 0 Å². The Labute approximate surface area is 117 Å². The molecule has 1 aromatic heterocycles. The minimum Gasteiger partial charge on any atom is -0.495 e. The third-order valence-electron chi connectivity index (χ3n) is 2.66. The lowest BCUT2D eigenvalue weighted by atomic mass is 10.2. The van der Waals surface area contributed by atoms with Crippen LogP contribution in [0.15, 0.2) is 36.5 Å². The molecule has 0 saturated heterocycles. The first-order valence-electron chi connectivity index (χ1n) is 5.79. The summed E-state index contributed by atoms with van der Waals surface area (Å²) < 4.78 is 10.1. The SMILES string of the molecule is COc1ccc(NCc2ccc(OC)c(Cl)c2)cn1. The van der Waals surface area contributed by atoms with Gasteiger partial charge >= 0.3 is 0 Å². The van der Waals surface area contributed by atoms with Crippen molar-refractivity contribution in [1.82, 2.24) is 4.98 Å². The molecule has 0 atom stereocenters. The number of pyridine rings is 1. The molecule has 0 aliphatic carbocycles. The highest BCUT2D eigenvalue weighted by Gasteiger charge is 2.02. The average Bonchev–Trinajstić information content (AvgIpc) is 2.46. The smallest absolute Gasteiger partial charge is 0.213 e. The number of hydrogen-bond acceptors (Lipinski definition) is 4. The first-order chi connectivity index (χ1) is 9.22. The van der Waals surface area contributed by atoms with Crippen molar-refractivity contribution >= 4 is 17.3 Å². The number of halogens is 1. The number of benzene rings is 1. The van der Waals surface area contributed by atoms with Crippen molar-refractivity contribution in [2.24, 2.45) is 0 Å². The predicted molar refractivity (Wildman–Crippen MR) is 76.1 cm³/mol. The molecule has 1 N–H and O–H groups in total. The Morgan fingerprint density at radius 2 is 2.00 bits per heavy atom. The van der Waals surface area contributed by atoms with Gasteiger partial charge in [-0.2, -0.15) is 0 Å². The van der Waals surface area contributed by atoms with Gasteiger partial charge < -0.3 is 14.8 Å². The van der Waals surface area contributed by atoms with Gasteiger partial charge in [-0.1, -0.05) is 17.7 Å². The number of aromatic nitrogens is 1. The highest BCUT2D eigenvalue weighted by molar-refractivity contribution is 6.32. The molecule has 0 spiro atoms. The van der Waals surface area contributed by atoms with Gasteiger partial charge in [-0.05, 0) is 23.8 Å². The van der Waals surface area contributed by atoms with Gasteiger partial charge in [-0.25, -0.2) is 4.98 Å². The number of methoxy groups -OCH3 is 2. The summed E-state index contributed by atoms with van der Waals surface area (Å²) in [6.45, 7) is 0.664. The molecule has 2 aromatic rings. The summed E-state index contributed by atoms with van der Waals surface area (Å²) in [5.74, 6) is 1.27. The molecule has 0 aliphatic rings. The topological polar surface area (TPSA) is 43.4 Å². The molecule has 0 fully saturated rings. The zero-order valence-electron chi connectivity index (χ0n) is 10.8. The summed E-state index contributed by atoms with van der Waals surface area (Å²) in [6, 6.07) is 9.42. The molecule has 2 rings (SSSR count). The van der Waals surface area contributed by atoms with Crippen molar-refractivity contribution < 1.29 is 9.47 Å². The Hall–Kier alpha value is -1.94. The Kier molecular flexibility index (Phi) is 4.47. The number of anilines is 1. The first kappa shape index (κ1) is 13.5. The third-order valence-corrected chi connectivity index (χ3v) is 2.95. The minimum atomic E-state index is 0.595. The number of hydrogen-bond donors (Lipinski definition) is 1. The van der Waals surface area contributed by atoms with Crippen LogP contribution in [0.1, 0.15) is 5.56 Å². The first-order valence-corrected chi connectivity index (χ1v) is 6.17. The molecule has 100 valence electrons. The van der Waals surface area contributed by atoms with E-state index in [-0.39, 0.29) is 0 Å². The second-order valence-electron chi connectivity index (χ2n) is 3.91. The van der Waals surface area contributed by atoms with E-state index >= 15 is 0 Å². The van der Waals surface area contributed by atoms with Crippen LogP contribution < -0.4 is 14.8 Å². The van der Waals surface area contributed by atoms with Gasteiger partial charge in [0.05, 0.1) is 31.1 Å². The van der Waals surface area contributed by atoms with E-state index < -0.39 is 0 Å². The van der Waals surface area contributed by atoms with E-state index in [9.17, 15) is 0 Å². The van der Waals surface area contributed by atoms with E-state index in [0.29, 0.717) is 23.2 Å². The van der Waals surface area contributed by atoms with E-state index in [1.54, 1.807) is 20.4 Å². The molecule has 0 aliphatic heterocycles. The number of nitrogens with zero attached hydrogens (tertiary/aromatic N) is 1. The molecule has 0 unspecified atom stereocenters. The number of ether oxygens (including phenoxy) is 2. The fourth-order valence-corrected chi connectivity index (χ4v) is 1.91. The highest BCUT2D eigenvalue weighted by Crippen LogP contribution is 2.25. The molecule has 1 heterocycles. The van der Waals surface area contributed by atoms with Crippen LogP contribution in [0.5, 0.6) is 11.6 Å². The number of rotatable bonds is 5. The standard InChI is InChI=1S/C14H15ClN2O2/c1-18-13-5-3-10(7-12(13)15)8-16-11-4-6-14(19-2)17-9-11/h3-7,9,16H,8H2,1-2H3. The fourth-order valence-electron chi connectivity index (χ4n) is 1.63. The van der Waals surface area contributed by atoms with Crippen molar-refractivity contribution in [2.45, 2.75) is 6.54 Å². The largest absolute Gasteiger partial charge is 0.495 e. The van der Waals surface area contributed by atoms with Gasteiger partial charge in [0.15, 0.2) is 0 Å². The van der Waals surface area contributed by atoms with Gasteiger partial charge in [0.25, 0.3) is 0 Å². The van der Waals surface area contributed by atoms with Gasteiger partial charge in [0.2, 0.25) is 5.88 Å². The Morgan fingerprint density at radius 1 is 1.16 bits per heavy atom. The maximum Gasteiger partial charge on any atom is 0.213 e. The summed E-state index contributed by atoms with van der Waals surface area (Å²) in [4.78, 5) is 4.12. The minimum absolute atomic E-state index is 0.595. The van der Waals surface area contributed by atoms with Gasteiger partial charge in [0.1, 0.15) is 5.75 Å². The van der Waals surface area contributed by atoms with Crippen LogP contribution in [0, 0.1) is 0 Å². The maximum atomic E-state index is 6.07. The normalized spacial score (nSPS) is 10.1. The lowest BCUT2D eigenvalue weighted by Gasteiger charge is -2.09. The Morgan fingerprint density at radius 3 is 2.58 bits per heavy atom. The van der Waals surface area contributed by atoms with Gasteiger partial charge in [0, 0.05) is 12.6 Å². The average molecular weight is 279 g/mol. The van der Waals surface area contributed by atoms with E-state index in [1.807, 2.05) is 30.3 Å². The summed E-state index contributed by atoms with van der Waals surface area (Å²) in [5, 5.41) is 3.87. The zero-order valence-corrected chi connectivity index (χ0v) is 11.6. The fraction of sp³-hybridized carbons (Fsp3) is 0.214. The van der Waals surface area contributed by atoms with Crippen LogP contribution in [-0.2, 0) is 6.54 Å². The molecule has 5 heteroatoms. The van der Waals surface area contributed by atoms with E-state index in [1.165, 1.54) is 0 Å². The zero-order chi connectivity index (χ0) is 13.7. The van der Waals surface area contributed by atoms with Crippen molar-refractivity contribution in [2.75, 3.05) is 19.5 Å². The van der Waals surface area contributed by atoms with Crippen LogP contribution >= 0.6 is 11.6 Å². The summed E-state index contributed by atoms with van der Waals surface area (Å²) in [5.41, 5.74) is 1.99. The van der Waals surface area contributed by atoms with Crippen molar-refractivity contribution in [3.8, 4) is 11.6 Å². The Balaban J connectivity index is 1.99. The second-order valence-corrected chi connectivity index (χ2v) is 4.32. The number of nitrogens with one attached hydrogen (secondary N) is 1. The molecule has 0 saturated carbocycles. The lowest BCUT2D eigenvalue weighted by molar-refractivity contribution is 0.398. The van der Waals surface area contributed by atoms with Crippen molar-refractivity contribution in [3.63, 3.8) is 0 Å². The van der Waals surface area contributed by atoms with Crippen LogP contribution in [0.4, 0.5) is 5.69 Å². The third kappa shape index (κ3) is 3.51. The van der Waals surface area contributed by atoms with E-state index in [0.717, 1.165) is 11.3 Å². The molecule has 0 amide bonds. The summed E-state index contributed by atoms with van der Waals surface area (Å²) in [6.07, 6.45) is 1.73. The molecular formula is C14H15ClN2O2. The summed E-state index contributed by atoms with van der Waals surface area (Å²) in [7, 11) is 3.19. The molecular weight excluding hydrogens is 264 g/mol. The van der Waals surface area contributed by atoms with Crippen LogP contribution in [0.2, 0.25) is 5.02 Å². The van der Waals surface area contributed by atoms with Crippen LogP contribution in [0.3, 0.4) is 0 Å². The van der Waals surface area contributed by atoms with E-state index in [2.05, 4.69) is 10.3 Å². The molecule has 19 heavy (non-hydrogen) atoms. The van der Waals surface area contributed by atoms with Crippen LogP contribution in [0.25, 0.3) is 0 Å². The quantitative estimate of drug-likeness (QED) is 0.911. The molecule has 4 nitrogen and oxygen atoms in total. The lowest BCUT2D eigenvalue weighted by Crippen LogP contribution is -2.00. The monoisotopic (exact) mass is 278 g/mol. The second kappa shape index (κ2) is 6.29. The van der Waals surface area contributed by atoms with E-state index in [4.69, 9.17) is 21.1 Å². The molecule has 0 bridgehead atoms. The molecule has 0 radical (unpaired) electrons. The van der Waals surface area contributed by atoms with Crippen molar-refractivity contribution in [1.29, 1.82) is 0 Å². The van der Waals surface area contributed by atoms with Crippen LogP contribution in [-0.4, -0.2) is 19.2 Å². The predicted octanol–water partition coefficient (Wildman–Crippen LogP) is 3.36. The van der Waals surface area contributed by atoms with Crippen molar-refractivity contribution in [3.05, 3.63) is 47.1 Å². The Bertz CT molecular complexity index is 544. The summed E-state index contributed by atoms with van der Waals surface area (Å²) >= 11 is 6.07. The van der Waals surface area contributed by atoms with Gasteiger partial charge in [-0.3, -0.25) is 0 Å². The maximum absolute atomic E-state index is 6.07. The highest BCUT2D eigenvalue weighted by atomic mass is 35.5.